The zero-order valence-corrected chi connectivity index (χ0v) is 18.2. The summed E-state index contributed by atoms with van der Waals surface area (Å²) in [5.41, 5.74) is 2.54. The molecule has 0 N–H and O–H groups in total. The average Bonchev–Trinajstić information content (AvgIpc) is 3.01. The summed E-state index contributed by atoms with van der Waals surface area (Å²) in [6.45, 7) is 1.88. The smallest absolute Gasteiger partial charge is 0.278 e. The molecule has 1 heterocycles. The minimum Gasteiger partial charge on any atom is -0.289 e. The number of benzene rings is 3. The molecule has 0 radical (unpaired) electrons. The Morgan fingerprint density at radius 1 is 0.839 bits per heavy atom. The topological polar surface area (TPSA) is 44.0 Å². The van der Waals surface area contributed by atoms with E-state index >= 15 is 0 Å². The Bertz CT molecular complexity index is 1290. The Kier molecular flexibility index (Phi) is 6.05. The molecule has 0 saturated carbocycles. The zero-order valence-electron chi connectivity index (χ0n) is 17.4. The maximum absolute atomic E-state index is 13.0. The molecule has 0 aliphatic rings. The van der Waals surface area contributed by atoms with Crippen LogP contribution in [0.3, 0.4) is 0 Å². The Labute approximate surface area is 185 Å². The third-order valence-electron chi connectivity index (χ3n) is 5.12. The fraction of sp³-hybridized carbons (Fsp3) is 0.0769. The fourth-order valence-electron chi connectivity index (χ4n) is 3.35. The van der Waals surface area contributed by atoms with Gasteiger partial charge in [-0.3, -0.25) is 14.3 Å². The van der Waals surface area contributed by atoms with Crippen LogP contribution in [0.1, 0.15) is 21.6 Å². The number of hydrogen-bond donors (Lipinski definition) is 0. The van der Waals surface area contributed by atoms with Gasteiger partial charge in [-0.2, -0.15) is 0 Å². The summed E-state index contributed by atoms with van der Waals surface area (Å²) in [6.07, 6.45) is 3.09. The van der Waals surface area contributed by atoms with E-state index in [1.165, 1.54) is 6.08 Å². The first kappa shape index (κ1) is 20.7. The van der Waals surface area contributed by atoms with Gasteiger partial charge in [0.15, 0.2) is 5.78 Å². The van der Waals surface area contributed by atoms with E-state index in [-0.39, 0.29) is 11.3 Å². The third-order valence-corrected chi connectivity index (χ3v) is 6.13. The number of aromatic nitrogens is 2. The number of nitrogens with zero attached hydrogens (tertiary/aromatic N) is 2. The molecule has 0 bridgehead atoms. The molecule has 0 fully saturated rings. The SMILES string of the molecule is Cc1c(C=CC(=O)c2ccc(Sc3ccccc3)cc2)c(=O)n(-c2ccccc2)n1C. The molecule has 4 aromatic rings. The molecule has 0 spiro atoms. The largest absolute Gasteiger partial charge is 0.289 e. The van der Waals surface area contributed by atoms with E-state index < -0.39 is 0 Å². The standard InChI is InChI=1S/C26H22N2O2S/c1-19-24(26(30)28(27(19)2)21-9-5-3-6-10-21)17-18-25(29)20-13-15-23(16-14-20)31-22-11-7-4-8-12-22/h3-18H,1-2H3. The molecule has 0 unspecified atom stereocenters. The van der Waals surface area contributed by atoms with Gasteiger partial charge in [0.1, 0.15) is 0 Å². The van der Waals surface area contributed by atoms with E-state index in [9.17, 15) is 9.59 Å². The van der Waals surface area contributed by atoms with Crippen molar-refractivity contribution in [3.63, 3.8) is 0 Å². The monoisotopic (exact) mass is 426 g/mol. The molecule has 3 aromatic carbocycles. The summed E-state index contributed by atoms with van der Waals surface area (Å²) in [7, 11) is 1.84. The molecule has 4 rings (SSSR count). The van der Waals surface area contributed by atoms with Gasteiger partial charge in [0, 0.05) is 28.1 Å². The number of carbonyl (C=O) groups excluding carboxylic acids is 1. The van der Waals surface area contributed by atoms with Gasteiger partial charge >= 0.3 is 0 Å². The molecule has 5 heteroatoms. The van der Waals surface area contributed by atoms with Crippen molar-refractivity contribution >= 4 is 23.6 Å². The maximum atomic E-state index is 13.0. The van der Waals surface area contributed by atoms with Crippen LogP contribution >= 0.6 is 11.8 Å². The summed E-state index contributed by atoms with van der Waals surface area (Å²) in [4.78, 5) is 27.8. The van der Waals surface area contributed by atoms with Crippen molar-refractivity contribution in [2.45, 2.75) is 16.7 Å². The van der Waals surface area contributed by atoms with E-state index in [0.29, 0.717) is 11.1 Å². The highest BCUT2D eigenvalue weighted by Gasteiger charge is 2.14. The van der Waals surface area contributed by atoms with Crippen LogP contribution < -0.4 is 5.56 Å². The highest BCUT2D eigenvalue weighted by molar-refractivity contribution is 7.99. The van der Waals surface area contributed by atoms with Gasteiger partial charge < -0.3 is 0 Å². The number of carbonyl (C=O) groups is 1. The van der Waals surface area contributed by atoms with E-state index in [2.05, 4.69) is 12.1 Å². The van der Waals surface area contributed by atoms with Gasteiger partial charge in [-0.15, -0.1) is 0 Å². The molecule has 0 aliphatic carbocycles. The lowest BCUT2D eigenvalue weighted by Crippen LogP contribution is -2.20. The van der Waals surface area contributed by atoms with E-state index in [4.69, 9.17) is 0 Å². The minimum absolute atomic E-state index is 0.134. The summed E-state index contributed by atoms with van der Waals surface area (Å²) < 4.78 is 3.41. The Hall–Kier alpha value is -3.57. The lowest BCUT2D eigenvalue weighted by molar-refractivity contribution is 0.104. The number of hydrogen-bond acceptors (Lipinski definition) is 3. The number of para-hydroxylation sites is 1. The van der Waals surface area contributed by atoms with Crippen molar-refractivity contribution in [1.29, 1.82) is 0 Å². The van der Waals surface area contributed by atoms with Crippen molar-refractivity contribution in [3.05, 3.63) is 118 Å². The van der Waals surface area contributed by atoms with Gasteiger partial charge in [-0.1, -0.05) is 48.2 Å². The lowest BCUT2D eigenvalue weighted by Gasteiger charge is -2.07. The second-order valence-corrected chi connectivity index (χ2v) is 8.26. The molecule has 0 aliphatic heterocycles. The molecule has 154 valence electrons. The van der Waals surface area contributed by atoms with Crippen molar-refractivity contribution < 1.29 is 4.79 Å². The first-order chi connectivity index (χ1) is 15.0. The van der Waals surface area contributed by atoms with Crippen molar-refractivity contribution in [3.8, 4) is 5.69 Å². The molecule has 31 heavy (non-hydrogen) atoms. The highest BCUT2D eigenvalue weighted by Crippen LogP contribution is 2.27. The van der Waals surface area contributed by atoms with E-state index in [1.54, 1.807) is 27.2 Å². The van der Waals surface area contributed by atoms with Gasteiger partial charge in [-0.25, -0.2) is 4.68 Å². The quantitative estimate of drug-likeness (QED) is 0.301. The molecule has 0 amide bonds. The average molecular weight is 427 g/mol. The number of allylic oxidation sites excluding steroid dienone is 1. The predicted molar refractivity (Wildman–Crippen MR) is 126 cm³/mol. The molecule has 4 nitrogen and oxygen atoms in total. The molecule has 1 aromatic heterocycles. The number of ketones is 1. The molecular formula is C26H22N2O2S. The molecular weight excluding hydrogens is 404 g/mol. The highest BCUT2D eigenvalue weighted by atomic mass is 32.2. The Morgan fingerprint density at radius 2 is 1.42 bits per heavy atom. The van der Waals surface area contributed by atoms with Crippen molar-refractivity contribution in [2.75, 3.05) is 0 Å². The van der Waals surface area contributed by atoms with E-state index in [1.807, 2.05) is 86.8 Å². The van der Waals surface area contributed by atoms with Crippen molar-refractivity contribution in [2.24, 2.45) is 7.05 Å². The van der Waals surface area contributed by atoms with E-state index in [0.717, 1.165) is 21.2 Å². The first-order valence-corrected chi connectivity index (χ1v) is 10.8. The summed E-state index contributed by atoms with van der Waals surface area (Å²) in [5, 5.41) is 0. The van der Waals surface area contributed by atoms with Crippen LogP contribution in [-0.2, 0) is 7.05 Å². The van der Waals surface area contributed by atoms with Gasteiger partial charge in [-0.05, 0) is 67.6 Å². The zero-order chi connectivity index (χ0) is 21.8. The number of rotatable bonds is 6. The van der Waals surface area contributed by atoms with Gasteiger partial charge in [0.2, 0.25) is 0 Å². The third kappa shape index (κ3) is 4.47. The first-order valence-electron chi connectivity index (χ1n) is 9.94. The van der Waals surface area contributed by atoms with Crippen molar-refractivity contribution in [1.82, 2.24) is 9.36 Å². The summed E-state index contributed by atoms with van der Waals surface area (Å²) in [6, 6.07) is 27.1. The Morgan fingerprint density at radius 3 is 2.06 bits per heavy atom. The summed E-state index contributed by atoms with van der Waals surface area (Å²) >= 11 is 1.65. The van der Waals surface area contributed by atoms with Crippen LogP contribution in [0.4, 0.5) is 0 Å². The van der Waals surface area contributed by atoms with Crippen LogP contribution in [0.2, 0.25) is 0 Å². The van der Waals surface area contributed by atoms with Crippen LogP contribution in [0.15, 0.2) is 106 Å². The summed E-state index contributed by atoms with van der Waals surface area (Å²) in [5.74, 6) is -0.134. The predicted octanol–water partition coefficient (Wildman–Crippen LogP) is 5.53. The Balaban J connectivity index is 1.54. The second-order valence-electron chi connectivity index (χ2n) is 7.11. The molecule has 0 atom stereocenters. The van der Waals surface area contributed by atoms with Crippen LogP contribution in [0.25, 0.3) is 11.8 Å². The van der Waals surface area contributed by atoms with Gasteiger partial charge in [0.05, 0.1) is 11.3 Å². The second kappa shape index (κ2) is 9.06. The van der Waals surface area contributed by atoms with Crippen LogP contribution in [0.5, 0.6) is 0 Å². The normalized spacial score (nSPS) is 11.2. The fourth-order valence-corrected chi connectivity index (χ4v) is 4.19. The van der Waals surface area contributed by atoms with Crippen LogP contribution in [0, 0.1) is 6.92 Å². The minimum atomic E-state index is -0.148. The van der Waals surface area contributed by atoms with Crippen LogP contribution in [-0.4, -0.2) is 15.1 Å². The molecule has 0 saturated heterocycles. The maximum Gasteiger partial charge on any atom is 0.278 e. The van der Waals surface area contributed by atoms with Gasteiger partial charge in [0.25, 0.3) is 5.56 Å². The lowest BCUT2D eigenvalue weighted by atomic mass is 10.1.